The molecule has 5 heteroatoms. The summed E-state index contributed by atoms with van der Waals surface area (Å²) in [6.45, 7) is 5.62. The van der Waals surface area contributed by atoms with Crippen LogP contribution in [-0.2, 0) is 17.9 Å². The van der Waals surface area contributed by atoms with E-state index in [1.165, 1.54) is 6.07 Å². The minimum absolute atomic E-state index is 0.206. The van der Waals surface area contributed by atoms with E-state index in [4.69, 9.17) is 4.74 Å². The molecule has 0 aliphatic rings. The monoisotopic (exact) mass is 315 g/mol. The van der Waals surface area contributed by atoms with Crippen molar-refractivity contribution in [1.29, 1.82) is 0 Å². The number of pyridine rings is 1. The number of aromatic nitrogens is 1. The third-order valence-corrected chi connectivity index (χ3v) is 3.76. The van der Waals surface area contributed by atoms with Gasteiger partial charge in [-0.25, -0.2) is 0 Å². The van der Waals surface area contributed by atoms with Gasteiger partial charge in [-0.3, -0.25) is 9.59 Å². The summed E-state index contributed by atoms with van der Waals surface area (Å²) in [4.78, 5) is 23.4. The lowest BCUT2D eigenvalue weighted by Crippen LogP contribution is -2.30. The predicted molar refractivity (Wildman–Crippen MR) is 87.6 cm³/mol. The number of ether oxygens (including phenoxy) is 1. The van der Waals surface area contributed by atoms with Gasteiger partial charge in [-0.2, -0.15) is 0 Å². The lowest BCUT2D eigenvalue weighted by molar-refractivity contribution is -0.147. The van der Waals surface area contributed by atoms with E-state index in [1.54, 1.807) is 31.5 Å². The van der Waals surface area contributed by atoms with E-state index < -0.39 is 11.4 Å². The van der Waals surface area contributed by atoms with Crippen molar-refractivity contribution in [2.24, 2.45) is 5.41 Å². The molecule has 0 aliphatic carbocycles. The quantitative estimate of drug-likeness (QED) is 0.890. The molecule has 1 heterocycles. The molecule has 2 aromatic rings. The van der Waals surface area contributed by atoms with E-state index in [0.717, 1.165) is 5.56 Å². The van der Waals surface area contributed by atoms with Crippen LogP contribution in [0.3, 0.4) is 0 Å². The van der Waals surface area contributed by atoms with E-state index in [-0.39, 0.29) is 17.7 Å². The van der Waals surface area contributed by atoms with Gasteiger partial charge in [-0.1, -0.05) is 30.3 Å². The number of hydrogen-bond acceptors (Lipinski definition) is 3. The van der Waals surface area contributed by atoms with Crippen molar-refractivity contribution in [3.05, 3.63) is 64.1 Å². The summed E-state index contributed by atoms with van der Waals surface area (Å²) in [5.74, 6) is -0.625. The van der Waals surface area contributed by atoms with Crippen LogP contribution in [0.2, 0.25) is 0 Å². The van der Waals surface area contributed by atoms with E-state index >= 15 is 0 Å². The van der Waals surface area contributed by atoms with Crippen molar-refractivity contribution in [1.82, 2.24) is 4.57 Å². The Hall–Kier alpha value is -2.56. The third kappa shape index (κ3) is 4.00. The summed E-state index contributed by atoms with van der Waals surface area (Å²) in [6, 6.07) is 11.0. The van der Waals surface area contributed by atoms with Gasteiger partial charge in [0.2, 0.25) is 5.43 Å². The van der Waals surface area contributed by atoms with Crippen LogP contribution >= 0.6 is 0 Å². The molecule has 0 saturated carbocycles. The Bertz CT molecular complexity index is 747. The minimum atomic E-state index is -0.934. The molecule has 23 heavy (non-hydrogen) atoms. The maximum atomic E-state index is 12.1. The molecular formula is C18H21NO4. The Morgan fingerprint density at radius 1 is 1.22 bits per heavy atom. The van der Waals surface area contributed by atoms with Crippen molar-refractivity contribution in [3.63, 3.8) is 0 Å². The Morgan fingerprint density at radius 3 is 2.48 bits per heavy atom. The van der Waals surface area contributed by atoms with Gasteiger partial charge in [0.25, 0.3) is 0 Å². The van der Waals surface area contributed by atoms with Crippen molar-refractivity contribution in [2.75, 3.05) is 0 Å². The molecule has 0 unspecified atom stereocenters. The molecule has 0 aliphatic heterocycles. The lowest BCUT2D eigenvalue weighted by atomic mass is 9.93. The molecule has 0 bridgehead atoms. The maximum absolute atomic E-state index is 12.1. The molecular weight excluding hydrogens is 294 g/mol. The molecule has 122 valence electrons. The first kappa shape index (κ1) is 16.8. The highest BCUT2D eigenvalue weighted by Gasteiger charge is 2.28. The van der Waals surface area contributed by atoms with Crippen LogP contribution < -0.4 is 10.2 Å². The topological polar surface area (TPSA) is 68.5 Å². The molecule has 0 atom stereocenters. The van der Waals surface area contributed by atoms with Gasteiger partial charge in [-0.05, 0) is 26.3 Å². The van der Waals surface area contributed by atoms with Gasteiger partial charge < -0.3 is 14.4 Å². The molecule has 1 N–H and O–H groups in total. The van der Waals surface area contributed by atoms with Gasteiger partial charge in [-0.15, -0.1) is 0 Å². The first-order valence-electron chi connectivity index (χ1n) is 7.41. The van der Waals surface area contributed by atoms with Crippen LogP contribution in [0.1, 0.15) is 25.1 Å². The van der Waals surface area contributed by atoms with Crippen molar-refractivity contribution >= 4 is 5.97 Å². The van der Waals surface area contributed by atoms with Crippen LogP contribution in [0, 0.1) is 12.3 Å². The van der Waals surface area contributed by atoms with Crippen molar-refractivity contribution in [2.45, 2.75) is 33.9 Å². The zero-order valence-corrected chi connectivity index (χ0v) is 13.6. The highest BCUT2D eigenvalue weighted by atomic mass is 16.5. The van der Waals surface area contributed by atoms with E-state index in [0.29, 0.717) is 12.3 Å². The summed E-state index contributed by atoms with van der Waals surface area (Å²) < 4.78 is 7.43. The predicted octanol–water partition coefficient (Wildman–Crippen LogP) is 2.85. The van der Waals surface area contributed by atoms with E-state index in [9.17, 15) is 14.7 Å². The molecule has 2 rings (SSSR count). The molecule has 5 nitrogen and oxygen atoms in total. The Labute approximate surface area is 135 Å². The average molecular weight is 315 g/mol. The standard InChI is InChI=1S/C18H21NO4/c1-13-16(23-11-14-7-5-4-6-8-14)15(20)9-10-19(13)12-18(2,3)17(21)22/h4-10H,11-12H2,1-3H3,(H,21,22). The van der Waals surface area contributed by atoms with Crippen LogP contribution in [0.5, 0.6) is 5.75 Å². The normalized spacial score (nSPS) is 11.3. The van der Waals surface area contributed by atoms with Gasteiger partial charge in [0.1, 0.15) is 6.61 Å². The summed E-state index contributed by atoms with van der Waals surface area (Å²) in [5, 5.41) is 9.26. The molecule has 1 aromatic carbocycles. The Balaban J connectivity index is 2.25. The molecule has 0 fully saturated rings. The van der Waals surface area contributed by atoms with Crippen LogP contribution in [0.25, 0.3) is 0 Å². The Morgan fingerprint density at radius 2 is 1.87 bits per heavy atom. The van der Waals surface area contributed by atoms with Crippen LogP contribution in [0.4, 0.5) is 0 Å². The van der Waals surface area contributed by atoms with Crippen molar-refractivity contribution in [3.8, 4) is 5.75 Å². The number of rotatable bonds is 6. The van der Waals surface area contributed by atoms with E-state index in [2.05, 4.69) is 0 Å². The smallest absolute Gasteiger partial charge is 0.310 e. The fourth-order valence-electron chi connectivity index (χ4n) is 2.22. The Kier molecular flexibility index (Phi) is 4.89. The fourth-order valence-corrected chi connectivity index (χ4v) is 2.22. The van der Waals surface area contributed by atoms with Crippen LogP contribution in [0.15, 0.2) is 47.4 Å². The summed E-state index contributed by atoms with van der Waals surface area (Å²) in [7, 11) is 0. The number of nitrogens with zero attached hydrogens (tertiary/aromatic N) is 1. The van der Waals surface area contributed by atoms with Crippen LogP contribution in [-0.4, -0.2) is 15.6 Å². The zero-order chi connectivity index (χ0) is 17.0. The number of carboxylic acid groups (broad SMARTS) is 1. The summed E-state index contributed by atoms with van der Waals surface area (Å²) in [5.41, 5.74) is 0.453. The summed E-state index contributed by atoms with van der Waals surface area (Å²) in [6.07, 6.45) is 1.61. The first-order chi connectivity index (χ1) is 10.8. The zero-order valence-electron chi connectivity index (χ0n) is 13.6. The largest absolute Gasteiger partial charge is 0.483 e. The molecule has 1 aromatic heterocycles. The molecule has 0 spiro atoms. The second-order valence-corrected chi connectivity index (χ2v) is 6.19. The minimum Gasteiger partial charge on any atom is -0.483 e. The number of aliphatic carboxylic acids is 1. The van der Waals surface area contributed by atoms with Gasteiger partial charge in [0.15, 0.2) is 5.75 Å². The number of benzene rings is 1. The number of carboxylic acids is 1. The maximum Gasteiger partial charge on any atom is 0.310 e. The van der Waals surface area contributed by atoms with Gasteiger partial charge in [0, 0.05) is 18.8 Å². The number of carbonyl (C=O) groups is 1. The second kappa shape index (κ2) is 6.69. The molecule has 0 radical (unpaired) electrons. The highest BCUT2D eigenvalue weighted by molar-refractivity contribution is 5.73. The SMILES string of the molecule is Cc1c(OCc2ccccc2)c(=O)ccn1CC(C)(C)C(=O)O. The van der Waals surface area contributed by atoms with Crippen molar-refractivity contribution < 1.29 is 14.6 Å². The molecule has 0 amide bonds. The summed E-state index contributed by atoms with van der Waals surface area (Å²) >= 11 is 0. The first-order valence-corrected chi connectivity index (χ1v) is 7.41. The molecule has 0 saturated heterocycles. The third-order valence-electron chi connectivity index (χ3n) is 3.76. The fraction of sp³-hybridized carbons (Fsp3) is 0.333. The van der Waals surface area contributed by atoms with Gasteiger partial charge in [0.05, 0.1) is 11.1 Å². The lowest BCUT2D eigenvalue weighted by Gasteiger charge is -2.23. The highest BCUT2D eigenvalue weighted by Crippen LogP contribution is 2.22. The average Bonchev–Trinajstić information content (AvgIpc) is 2.51. The van der Waals surface area contributed by atoms with E-state index in [1.807, 2.05) is 30.3 Å². The number of hydrogen-bond donors (Lipinski definition) is 1. The second-order valence-electron chi connectivity index (χ2n) is 6.19. The van der Waals surface area contributed by atoms with Gasteiger partial charge >= 0.3 is 5.97 Å².